The molecule has 0 unspecified atom stereocenters. The van der Waals surface area contributed by atoms with Gasteiger partial charge in [-0.3, -0.25) is 0 Å². The maximum Gasteiger partial charge on any atom is 0.183 e. The van der Waals surface area contributed by atoms with Crippen molar-refractivity contribution in [2.75, 3.05) is 0 Å². The van der Waals surface area contributed by atoms with E-state index in [9.17, 15) is 4.39 Å². The van der Waals surface area contributed by atoms with Gasteiger partial charge in [0.05, 0.1) is 12.0 Å². The molecule has 0 spiro atoms. The number of hydrogen-bond acceptors (Lipinski definition) is 2. The van der Waals surface area contributed by atoms with Crippen molar-refractivity contribution in [2.45, 2.75) is 0 Å². The van der Waals surface area contributed by atoms with Crippen LogP contribution >= 0.6 is 34.8 Å². The van der Waals surface area contributed by atoms with Crippen LogP contribution in [-0.2, 0) is 0 Å². The molecule has 1 heterocycles. The van der Waals surface area contributed by atoms with Crippen LogP contribution in [0.25, 0.3) is 11.3 Å². The van der Waals surface area contributed by atoms with E-state index in [4.69, 9.17) is 12.2 Å². The van der Waals surface area contributed by atoms with Crippen LogP contribution in [0.15, 0.2) is 30.6 Å². The highest BCUT2D eigenvalue weighted by Gasteiger charge is 2.07. The topological polar surface area (TPSA) is 28.7 Å². The van der Waals surface area contributed by atoms with Gasteiger partial charge in [0.2, 0.25) is 0 Å². The number of hydrogen-bond donors (Lipinski definition) is 1. The second kappa shape index (κ2) is 4.36. The fourth-order valence-electron chi connectivity index (χ4n) is 1.24. The number of aromatic amines is 1. The van der Waals surface area contributed by atoms with E-state index in [1.165, 1.54) is 6.33 Å². The highest BCUT2D eigenvalue weighted by atomic mass is 127. The molecule has 0 atom stereocenters. The zero-order valence-electron chi connectivity index (χ0n) is 7.50. The number of nitrogens with zero attached hydrogens (tertiary/aromatic N) is 1. The lowest BCUT2D eigenvalue weighted by Gasteiger charge is -2.03. The SMILES string of the molecule is Fc1c(-c2cccc(I)c2)[nH]cnc1=S. The Labute approximate surface area is 105 Å². The number of nitrogens with one attached hydrogen (secondary N) is 1. The first-order chi connectivity index (χ1) is 7.18. The van der Waals surface area contributed by atoms with Gasteiger partial charge in [-0.2, -0.15) is 0 Å². The van der Waals surface area contributed by atoms with Gasteiger partial charge in [0.15, 0.2) is 10.5 Å². The minimum atomic E-state index is -0.477. The van der Waals surface area contributed by atoms with Crippen molar-refractivity contribution in [3.63, 3.8) is 0 Å². The van der Waals surface area contributed by atoms with Gasteiger partial charge in [-0.05, 0) is 34.7 Å². The van der Waals surface area contributed by atoms with E-state index in [0.29, 0.717) is 5.69 Å². The Kier molecular flexibility index (Phi) is 3.11. The lowest BCUT2D eigenvalue weighted by molar-refractivity contribution is 0.613. The third-order valence-electron chi connectivity index (χ3n) is 1.91. The second-order valence-electron chi connectivity index (χ2n) is 2.91. The van der Waals surface area contributed by atoms with Crippen molar-refractivity contribution < 1.29 is 4.39 Å². The minimum Gasteiger partial charge on any atom is -0.343 e. The minimum absolute atomic E-state index is 0.0115. The van der Waals surface area contributed by atoms with Gasteiger partial charge in [-0.1, -0.05) is 24.4 Å². The molecule has 0 aliphatic carbocycles. The largest absolute Gasteiger partial charge is 0.343 e. The second-order valence-corrected chi connectivity index (χ2v) is 4.54. The fourth-order valence-corrected chi connectivity index (χ4v) is 1.93. The van der Waals surface area contributed by atoms with Gasteiger partial charge >= 0.3 is 0 Å². The van der Waals surface area contributed by atoms with E-state index >= 15 is 0 Å². The first kappa shape index (κ1) is 10.7. The lowest BCUT2D eigenvalue weighted by Crippen LogP contribution is -1.92. The number of halogens is 2. The van der Waals surface area contributed by atoms with Gasteiger partial charge in [-0.25, -0.2) is 9.37 Å². The maximum absolute atomic E-state index is 13.6. The van der Waals surface area contributed by atoms with E-state index < -0.39 is 5.82 Å². The summed E-state index contributed by atoms with van der Waals surface area (Å²) in [6.45, 7) is 0. The van der Waals surface area contributed by atoms with Crippen molar-refractivity contribution >= 4 is 34.8 Å². The number of H-pyrrole nitrogens is 1. The third kappa shape index (κ3) is 2.23. The molecular formula is C10H6FIN2S. The summed E-state index contributed by atoms with van der Waals surface area (Å²) in [5.41, 5.74) is 1.15. The van der Waals surface area contributed by atoms with Gasteiger partial charge < -0.3 is 4.98 Å². The molecule has 76 valence electrons. The molecule has 0 fully saturated rings. The molecule has 2 aromatic rings. The summed E-state index contributed by atoms with van der Waals surface area (Å²) in [5, 5.41) is 0. The molecular weight excluding hydrogens is 326 g/mol. The van der Waals surface area contributed by atoms with Crippen LogP contribution in [0, 0.1) is 14.0 Å². The van der Waals surface area contributed by atoms with Crippen molar-refractivity contribution in [1.29, 1.82) is 0 Å². The van der Waals surface area contributed by atoms with Gasteiger partial charge in [0, 0.05) is 9.13 Å². The van der Waals surface area contributed by atoms with Crippen LogP contribution in [0.1, 0.15) is 0 Å². The molecule has 2 nitrogen and oxygen atoms in total. The Balaban J connectivity index is 2.64. The predicted molar refractivity (Wildman–Crippen MR) is 67.5 cm³/mol. The molecule has 0 saturated carbocycles. The Bertz CT molecular complexity index is 553. The highest BCUT2D eigenvalue weighted by Crippen LogP contribution is 2.21. The number of rotatable bonds is 1. The molecule has 0 aliphatic heterocycles. The van der Waals surface area contributed by atoms with Gasteiger partial charge in [0.1, 0.15) is 0 Å². The molecule has 1 N–H and O–H groups in total. The monoisotopic (exact) mass is 332 g/mol. The van der Waals surface area contributed by atoms with Crippen LogP contribution in [0.2, 0.25) is 0 Å². The Morgan fingerprint density at radius 1 is 1.40 bits per heavy atom. The van der Waals surface area contributed by atoms with Crippen molar-refractivity contribution in [2.24, 2.45) is 0 Å². The molecule has 0 aliphatic rings. The predicted octanol–water partition coefficient (Wildman–Crippen LogP) is 3.55. The average molecular weight is 332 g/mol. The van der Waals surface area contributed by atoms with Gasteiger partial charge in [0.25, 0.3) is 0 Å². The van der Waals surface area contributed by atoms with E-state index in [1.54, 1.807) is 0 Å². The smallest absolute Gasteiger partial charge is 0.183 e. The number of benzene rings is 1. The maximum atomic E-state index is 13.6. The average Bonchev–Trinajstić information content (AvgIpc) is 2.22. The van der Waals surface area contributed by atoms with Crippen LogP contribution < -0.4 is 0 Å². The highest BCUT2D eigenvalue weighted by molar-refractivity contribution is 14.1. The fraction of sp³-hybridized carbons (Fsp3) is 0. The van der Waals surface area contributed by atoms with E-state index in [2.05, 4.69) is 32.6 Å². The van der Waals surface area contributed by atoms with Crippen molar-refractivity contribution in [1.82, 2.24) is 9.97 Å². The van der Waals surface area contributed by atoms with Crippen LogP contribution in [0.5, 0.6) is 0 Å². The first-order valence-electron chi connectivity index (χ1n) is 4.17. The van der Waals surface area contributed by atoms with Gasteiger partial charge in [-0.15, -0.1) is 0 Å². The molecule has 0 saturated heterocycles. The van der Waals surface area contributed by atoms with Crippen molar-refractivity contribution in [3.05, 3.63) is 44.6 Å². The summed E-state index contributed by atoms with van der Waals surface area (Å²) < 4.78 is 14.6. The normalized spacial score (nSPS) is 10.3. The summed E-state index contributed by atoms with van der Waals surface area (Å²) >= 11 is 6.94. The summed E-state index contributed by atoms with van der Waals surface area (Å²) in [7, 11) is 0. The van der Waals surface area contributed by atoms with E-state index in [1.807, 2.05) is 24.3 Å². The molecule has 0 amide bonds. The standard InChI is InChI=1S/C10H6FIN2S/c11-8-9(13-5-14-10(8)15)6-2-1-3-7(12)4-6/h1-5H,(H,13,14,15). The molecule has 5 heteroatoms. The summed E-state index contributed by atoms with van der Waals surface area (Å²) in [4.78, 5) is 6.43. The molecule has 15 heavy (non-hydrogen) atoms. The zero-order valence-corrected chi connectivity index (χ0v) is 10.5. The summed E-state index contributed by atoms with van der Waals surface area (Å²) in [5.74, 6) is -0.477. The van der Waals surface area contributed by atoms with Crippen LogP contribution in [0.3, 0.4) is 0 Å². The zero-order chi connectivity index (χ0) is 10.8. The Morgan fingerprint density at radius 3 is 2.93 bits per heavy atom. The molecule has 2 rings (SSSR count). The Hall–Kier alpha value is -0.820. The van der Waals surface area contributed by atoms with Crippen LogP contribution in [0.4, 0.5) is 4.39 Å². The summed E-state index contributed by atoms with van der Waals surface area (Å²) in [6.07, 6.45) is 1.40. The third-order valence-corrected chi connectivity index (χ3v) is 2.87. The molecule has 0 bridgehead atoms. The lowest BCUT2D eigenvalue weighted by atomic mass is 10.1. The molecule has 1 aromatic heterocycles. The van der Waals surface area contributed by atoms with Crippen molar-refractivity contribution in [3.8, 4) is 11.3 Å². The number of aromatic nitrogens is 2. The molecule has 1 aromatic carbocycles. The summed E-state index contributed by atoms with van der Waals surface area (Å²) in [6, 6.07) is 7.52. The van der Waals surface area contributed by atoms with E-state index in [0.717, 1.165) is 9.13 Å². The Morgan fingerprint density at radius 2 is 2.20 bits per heavy atom. The first-order valence-corrected chi connectivity index (χ1v) is 5.66. The quantitative estimate of drug-likeness (QED) is 0.639. The van der Waals surface area contributed by atoms with E-state index in [-0.39, 0.29) is 4.64 Å². The molecule has 0 radical (unpaired) electrons. The van der Waals surface area contributed by atoms with Crippen LogP contribution in [-0.4, -0.2) is 9.97 Å².